The Morgan fingerprint density at radius 2 is 2.00 bits per heavy atom. The van der Waals surface area contributed by atoms with Crippen molar-refractivity contribution in [2.45, 2.75) is 51.1 Å². The highest BCUT2D eigenvalue weighted by atomic mass is 15.1. The molecule has 2 aromatic rings. The minimum Gasteiger partial charge on any atom is -0.310 e. The van der Waals surface area contributed by atoms with Gasteiger partial charge in [-0.15, -0.1) is 0 Å². The summed E-state index contributed by atoms with van der Waals surface area (Å²) in [6, 6.07) is 9.47. The van der Waals surface area contributed by atoms with Crippen LogP contribution in [0.4, 0.5) is 0 Å². The Bertz CT molecular complexity index is 610. The second kappa shape index (κ2) is 5.06. The molecule has 0 unspecified atom stereocenters. The maximum atomic E-state index is 4.62. The van der Waals surface area contributed by atoms with Gasteiger partial charge in [-0.05, 0) is 50.2 Å². The second-order valence-corrected chi connectivity index (χ2v) is 6.00. The number of fused-ring (bicyclic) bond motifs is 1. The van der Waals surface area contributed by atoms with Crippen molar-refractivity contribution in [3.05, 3.63) is 47.5 Å². The van der Waals surface area contributed by atoms with Gasteiger partial charge in [-0.3, -0.25) is 0 Å². The van der Waals surface area contributed by atoms with E-state index in [1.807, 2.05) is 6.33 Å². The monoisotopic (exact) mass is 267 g/mol. The number of hydrogen-bond acceptors (Lipinski definition) is 2. The molecule has 1 aromatic carbocycles. The summed E-state index contributed by atoms with van der Waals surface area (Å²) >= 11 is 0. The van der Waals surface area contributed by atoms with Crippen LogP contribution in [0.5, 0.6) is 0 Å². The summed E-state index contributed by atoms with van der Waals surface area (Å²) in [6.07, 6.45) is 9.58. The molecule has 1 fully saturated rings. The number of hydrogen-bond donors (Lipinski definition) is 1. The second-order valence-electron chi connectivity index (χ2n) is 6.00. The molecule has 0 aliphatic heterocycles. The van der Waals surface area contributed by atoms with Crippen LogP contribution in [0.3, 0.4) is 0 Å². The fourth-order valence-corrected chi connectivity index (χ4v) is 3.11. The third kappa shape index (κ3) is 2.27. The SMILES string of the molecule is c1ccc(-n2cnc3c2CCCC3)c(CNC2CC2)c1. The summed E-state index contributed by atoms with van der Waals surface area (Å²) in [4.78, 5) is 4.62. The van der Waals surface area contributed by atoms with Crippen molar-refractivity contribution >= 4 is 0 Å². The lowest BCUT2D eigenvalue weighted by molar-refractivity contribution is 0.651. The molecule has 3 heteroatoms. The topological polar surface area (TPSA) is 29.9 Å². The number of imidazole rings is 1. The quantitative estimate of drug-likeness (QED) is 0.923. The number of nitrogens with one attached hydrogen (secondary N) is 1. The Hall–Kier alpha value is -1.61. The fourth-order valence-electron chi connectivity index (χ4n) is 3.11. The zero-order chi connectivity index (χ0) is 13.4. The molecule has 1 saturated carbocycles. The van der Waals surface area contributed by atoms with Crippen LogP contribution in [-0.4, -0.2) is 15.6 Å². The molecule has 2 aliphatic carbocycles. The molecule has 1 N–H and O–H groups in total. The van der Waals surface area contributed by atoms with Gasteiger partial charge >= 0.3 is 0 Å². The first kappa shape index (κ1) is 12.2. The van der Waals surface area contributed by atoms with Gasteiger partial charge in [0.25, 0.3) is 0 Å². The summed E-state index contributed by atoms with van der Waals surface area (Å²) in [7, 11) is 0. The largest absolute Gasteiger partial charge is 0.310 e. The Balaban J connectivity index is 1.68. The lowest BCUT2D eigenvalue weighted by Crippen LogP contribution is -2.17. The van der Waals surface area contributed by atoms with Crippen LogP contribution in [0.25, 0.3) is 5.69 Å². The van der Waals surface area contributed by atoms with Gasteiger partial charge in [-0.1, -0.05) is 18.2 Å². The van der Waals surface area contributed by atoms with Gasteiger partial charge in [0.05, 0.1) is 17.7 Å². The lowest BCUT2D eigenvalue weighted by Gasteiger charge is -2.17. The van der Waals surface area contributed by atoms with E-state index in [1.54, 1.807) is 0 Å². The Morgan fingerprint density at radius 1 is 1.15 bits per heavy atom. The summed E-state index contributed by atoms with van der Waals surface area (Å²) in [5, 5.41) is 3.62. The molecule has 1 heterocycles. The standard InChI is InChI=1S/C17H21N3/c1-3-7-16(13(5-1)11-18-14-9-10-14)20-12-19-15-6-2-4-8-17(15)20/h1,3,5,7,12,14,18H,2,4,6,8-11H2. The van der Waals surface area contributed by atoms with Crippen LogP contribution in [0.1, 0.15) is 42.6 Å². The number of benzene rings is 1. The van der Waals surface area contributed by atoms with Crippen LogP contribution >= 0.6 is 0 Å². The fraction of sp³-hybridized carbons (Fsp3) is 0.471. The molecular weight excluding hydrogens is 246 g/mol. The molecule has 4 rings (SSSR count). The molecule has 1 aromatic heterocycles. The zero-order valence-electron chi connectivity index (χ0n) is 11.8. The average molecular weight is 267 g/mol. The maximum absolute atomic E-state index is 4.62. The smallest absolute Gasteiger partial charge is 0.0997 e. The van der Waals surface area contributed by atoms with Crippen molar-refractivity contribution < 1.29 is 0 Å². The van der Waals surface area contributed by atoms with E-state index in [1.165, 1.54) is 54.7 Å². The Kier molecular flexibility index (Phi) is 3.07. The maximum Gasteiger partial charge on any atom is 0.0997 e. The van der Waals surface area contributed by atoms with Crippen LogP contribution in [0.15, 0.2) is 30.6 Å². The molecule has 0 amide bonds. The molecule has 0 radical (unpaired) electrons. The van der Waals surface area contributed by atoms with E-state index in [2.05, 4.69) is 39.1 Å². The van der Waals surface area contributed by atoms with Crippen LogP contribution in [0, 0.1) is 0 Å². The van der Waals surface area contributed by atoms with Gasteiger partial charge < -0.3 is 9.88 Å². The van der Waals surface area contributed by atoms with Crippen molar-refractivity contribution in [3.8, 4) is 5.69 Å². The summed E-state index contributed by atoms with van der Waals surface area (Å²) < 4.78 is 2.32. The minimum atomic E-state index is 0.750. The Morgan fingerprint density at radius 3 is 2.90 bits per heavy atom. The predicted molar refractivity (Wildman–Crippen MR) is 80.1 cm³/mol. The lowest BCUT2D eigenvalue weighted by atomic mass is 10.0. The molecule has 0 saturated heterocycles. The first-order valence-corrected chi connectivity index (χ1v) is 7.78. The first-order chi connectivity index (χ1) is 9.92. The highest BCUT2D eigenvalue weighted by Gasteiger charge is 2.21. The van der Waals surface area contributed by atoms with Crippen molar-refractivity contribution in [2.24, 2.45) is 0 Å². The number of rotatable bonds is 4. The molecule has 3 nitrogen and oxygen atoms in total. The van der Waals surface area contributed by atoms with E-state index >= 15 is 0 Å². The van der Waals surface area contributed by atoms with E-state index in [-0.39, 0.29) is 0 Å². The molecule has 104 valence electrons. The number of para-hydroxylation sites is 1. The average Bonchev–Trinajstić information content (AvgIpc) is 3.23. The number of aromatic nitrogens is 2. The normalized spacial score (nSPS) is 18.0. The van der Waals surface area contributed by atoms with Crippen molar-refractivity contribution in [1.29, 1.82) is 0 Å². The number of nitrogens with zero attached hydrogens (tertiary/aromatic N) is 2. The van der Waals surface area contributed by atoms with Crippen molar-refractivity contribution in [3.63, 3.8) is 0 Å². The molecular formula is C17H21N3. The van der Waals surface area contributed by atoms with Gasteiger partial charge in [-0.25, -0.2) is 4.98 Å². The van der Waals surface area contributed by atoms with Crippen LogP contribution < -0.4 is 5.32 Å². The first-order valence-electron chi connectivity index (χ1n) is 7.78. The van der Waals surface area contributed by atoms with E-state index < -0.39 is 0 Å². The molecule has 20 heavy (non-hydrogen) atoms. The predicted octanol–water partition coefficient (Wildman–Crippen LogP) is 3.00. The zero-order valence-corrected chi connectivity index (χ0v) is 11.8. The van der Waals surface area contributed by atoms with Crippen LogP contribution in [0.2, 0.25) is 0 Å². The van der Waals surface area contributed by atoms with Gasteiger partial charge in [-0.2, -0.15) is 0 Å². The van der Waals surface area contributed by atoms with Crippen LogP contribution in [-0.2, 0) is 19.4 Å². The van der Waals surface area contributed by atoms with Gasteiger partial charge in [0.15, 0.2) is 0 Å². The number of aryl methyl sites for hydroxylation is 1. The van der Waals surface area contributed by atoms with Crippen molar-refractivity contribution in [2.75, 3.05) is 0 Å². The van der Waals surface area contributed by atoms with E-state index in [9.17, 15) is 0 Å². The third-order valence-corrected chi connectivity index (χ3v) is 4.44. The minimum absolute atomic E-state index is 0.750. The third-order valence-electron chi connectivity index (χ3n) is 4.44. The molecule has 0 spiro atoms. The van der Waals surface area contributed by atoms with E-state index in [0.717, 1.165) is 19.0 Å². The summed E-state index contributed by atoms with van der Waals surface area (Å²) in [5.41, 5.74) is 5.41. The van der Waals surface area contributed by atoms with Crippen molar-refractivity contribution in [1.82, 2.24) is 14.9 Å². The molecule has 0 bridgehead atoms. The Labute approximate surface area is 120 Å². The highest BCUT2D eigenvalue weighted by molar-refractivity contribution is 5.43. The van der Waals surface area contributed by atoms with Gasteiger partial charge in [0, 0.05) is 18.3 Å². The van der Waals surface area contributed by atoms with E-state index in [4.69, 9.17) is 0 Å². The van der Waals surface area contributed by atoms with Gasteiger partial charge in [0.2, 0.25) is 0 Å². The molecule has 0 atom stereocenters. The van der Waals surface area contributed by atoms with E-state index in [0.29, 0.717) is 0 Å². The van der Waals surface area contributed by atoms with Gasteiger partial charge in [0.1, 0.15) is 0 Å². The summed E-state index contributed by atoms with van der Waals surface area (Å²) in [6.45, 7) is 0.966. The summed E-state index contributed by atoms with van der Waals surface area (Å²) in [5.74, 6) is 0. The molecule has 2 aliphatic rings. The highest BCUT2D eigenvalue weighted by Crippen LogP contribution is 2.26.